The molecular weight excluding hydrogens is 425 g/mol. The van der Waals surface area contributed by atoms with E-state index in [1.165, 1.54) is 44.9 Å². The van der Waals surface area contributed by atoms with E-state index in [1.54, 1.807) is 16.7 Å². The molecule has 32 heavy (non-hydrogen) atoms. The van der Waals surface area contributed by atoms with Crippen molar-refractivity contribution in [2.75, 3.05) is 0 Å². The Morgan fingerprint density at radius 1 is 0.938 bits per heavy atom. The summed E-state index contributed by atoms with van der Waals surface area (Å²) in [6.45, 7) is 0. The molecule has 2 aliphatic heterocycles. The molecule has 8 rings (SSSR count). The summed E-state index contributed by atoms with van der Waals surface area (Å²) in [4.78, 5) is 39.9. The Bertz CT molecular complexity index is 1190. The third-order valence-electron chi connectivity index (χ3n) is 9.59. The first-order chi connectivity index (χ1) is 15.3. The lowest BCUT2D eigenvalue weighted by molar-refractivity contribution is -0.0244. The van der Waals surface area contributed by atoms with Gasteiger partial charge in [0, 0.05) is 23.7 Å². The van der Waals surface area contributed by atoms with Crippen molar-refractivity contribution < 1.29 is 14.4 Å². The minimum Gasteiger partial charge on any atom is -0.320 e. The molecule has 7 nitrogen and oxygen atoms in total. The van der Waals surface area contributed by atoms with Crippen LogP contribution in [0.3, 0.4) is 0 Å². The minimum atomic E-state index is -4.75. The average Bonchev–Trinajstić information content (AvgIpc) is 3.26. The number of fused-ring (bicyclic) bond motifs is 3. The molecule has 4 aliphatic carbocycles. The number of aromatic nitrogens is 2. The molecule has 170 valence electrons. The van der Waals surface area contributed by atoms with Gasteiger partial charge in [-0.1, -0.05) is 12.1 Å². The van der Waals surface area contributed by atoms with Crippen molar-refractivity contribution in [3.8, 4) is 0 Å². The highest BCUT2D eigenvalue weighted by atomic mass is 31.2. The van der Waals surface area contributed by atoms with E-state index >= 15 is 0 Å². The van der Waals surface area contributed by atoms with Crippen LogP contribution >= 0.6 is 7.60 Å². The van der Waals surface area contributed by atoms with Gasteiger partial charge < -0.3 is 14.4 Å². The molecule has 0 spiro atoms. The molecule has 3 heterocycles. The summed E-state index contributed by atoms with van der Waals surface area (Å²) in [5.74, 6) is 2.70. The van der Waals surface area contributed by atoms with Crippen LogP contribution in [0, 0.1) is 17.8 Å². The van der Waals surface area contributed by atoms with Crippen LogP contribution in [0.15, 0.2) is 29.1 Å². The Kier molecular flexibility index (Phi) is 4.06. The molecule has 8 heteroatoms. The number of hydrogen-bond donors (Lipinski definition) is 2. The molecule has 0 radical (unpaired) electrons. The van der Waals surface area contributed by atoms with E-state index in [1.807, 2.05) is 12.1 Å². The van der Waals surface area contributed by atoms with Crippen molar-refractivity contribution in [1.29, 1.82) is 0 Å². The highest BCUT2D eigenvalue weighted by molar-refractivity contribution is 7.59. The Labute approximate surface area is 187 Å². The van der Waals surface area contributed by atoms with Crippen molar-refractivity contribution >= 4 is 24.1 Å². The van der Waals surface area contributed by atoms with E-state index in [0.29, 0.717) is 28.7 Å². The van der Waals surface area contributed by atoms with Crippen LogP contribution in [-0.4, -0.2) is 41.9 Å². The minimum absolute atomic E-state index is 0.0401. The fraction of sp³-hybridized carbons (Fsp3) is 0.667. The topological polar surface area (TPSA) is 95.7 Å². The van der Waals surface area contributed by atoms with Gasteiger partial charge in [0.1, 0.15) is 0 Å². The van der Waals surface area contributed by atoms with Gasteiger partial charge in [-0.05, 0) is 87.7 Å². The lowest BCUT2D eigenvalue weighted by atomic mass is 9.78. The quantitative estimate of drug-likeness (QED) is 0.691. The predicted octanol–water partition coefficient (Wildman–Crippen LogP) is 2.95. The maximum Gasteiger partial charge on any atom is 0.380 e. The Morgan fingerprint density at radius 2 is 1.59 bits per heavy atom. The first kappa shape index (κ1) is 19.9. The summed E-state index contributed by atoms with van der Waals surface area (Å²) in [6.07, 6.45) is 11.1. The monoisotopic (exact) mass is 455 g/mol. The van der Waals surface area contributed by atoms with Gasteiger partial charge in [-0.25, -0.2) is 4.98 Å². The van der Waals surface area contributed by atoms with E-state index in [-0.39, 0.29) is 6.04 Å². The standard InChI is InChI=1S/C24H30N3O4P/c28-23-22(32(29,30)31)25-20-3-1-2-4-21(20)26(23)19-10-17-5-6-18(11-19)27(17)24-12-14-7-15(13-24)9-16(24)8-14/h1-4,14-19H,5-13H2,(H2,29,30,31)/t14-,15+,16?,17-,18+,19?,24?. The van der Waals surface area contributed by atoms with Crippen LogP contribution in [0.1, 0.15) is 63.8 Å². The fourth-order valence-electron chi connectivity index (χ4n) is 8.95. The maximum absolute atomic E-state index is 13.3. The van der Waals surface area contributed by atoms with Crippen molar-refractivity contribution in [3.05, 3.63) is 34.6 Å². The molecule has 2 saturated heterocycles. The van der Waals surface area contributed by atoms with Crippen molar-refractivity contribution in [1.82, 2.24) is 14.5 Å². The van der Waals surface area contributed by atoms with Gasteiger partial charge in [-0.3, -0.25) is 14.3 Å². The van der Waals surface area contributed by atoms with E-state index in [2.05, 4.69) is 9.88 Å². The number of benzene rings is 1. The molecule has 7 atom stereocenters. The number of hydrogen-bond acceptors (Lipinski definition) is 4. The molecule has 6 bridgehead atoms. The Hall–Kier alpha value is -1.53. The normalized spacial score (nSPS) is 40.6. The Morgan fingerprint density at radius 3 is 2.25 bits per heavy atom. The summed E-state index contributed by atoms with van der Waals surface area (Å²) >= 11 is 0. The molecule has 1 aromatic carbocycles. The van der Waals surface area contributed by atoms with E-state index in [0.717, 1.165) is 30.6 Å². The maximum atomic E-state index is 13.3. The first-order valence-corrected chi connectivity index (χ1v) is 13.8. The Balaban J connectivity index is 1.29. The third-order valence-corrected chi connectivity index (χ3v) is 10.4. The zero-order valence-electron chi connectivity index (χ0n) is 18.1. The fourth-order valence-corrected chi connectivity index (χ4v) is 9.55. The highest BCUT2D eigenvalue weighted by Gasteiger charge is 2.64. The zero-order valence-corrected chi connectivity index (χ0v) is 19.0. The van der Waals surface area contributed by atoms with E-state index < -0.39 is 18.6 Å². The zero-order chi connectivity index (χ0) is 21.8. The smallest absolute Gasteiger partial charge is 0.320 e. The van der Waals surface area contributed by atoms with Gasteiger partial charge >= 0.3 is 7.60 Å². The van der Waals surface area contributed by atoms with Gasteiger partial charge in [0.05, 0.1) is 11.0 Å². The average molecular weight is 455 g/mol. The molecule has 2 N–H and O–H groups in total. The number of piperidine rings is 1. The molecule has 2 aromatic rings. The van der Waals surface area contributed by atoms with Gasteiger partial charge in [0.15, 0.2) is 0 Å². The lowest BCUT2D eigenvalue weighted by Gasteiger charge is -2.52. The summed E-state index contributed by atoms with van der Waals surface area (Å²) in [5, 5.41) is 0. The van der Waals surface area contributed by atoms with E-state index in [9.17, 15) is 19.1 Å². The van der Waals surface area contributed by atoms with Gasteiger partial charge in [0.2, 0.25) is 5.44 Å². The summed E-state index contributed by atoms with van der Waals surface area (Å²) in [7, 11) is -4.75. The summed E-state index contributed by atoms with van der Waals surface area (Å²) < 4.78 is 13.7. The van der Waals surface area contributed by atoms with Gasteiger partial charge in [-0.15, -0.1) is 0 Å². The summed E-state index contributed by atoms with van der Waals surface area (Å²) in [6, 6.07) is 8.15. The molecule has 6 fully saturated rings. The largest absolute Gasteiger partial charge is 0.380 e. The van der Waals surface area contributed by atoms with Crippen molar-refractivity contribution in [3.63, 3.8) is 0 Å². The van der Waals surface area contributed by atoms with Crippen LogP contribution in [-0.2, 0) is 4.57 Å². The summed E-state index contributed by atoms with van der Waals surface area (Å²) in [5.41, 5.74) is 0.328. The van der Waals surface area contributed by atoms with Crippen molar-refractivity contribution in [2.45, 2.75) is 81.5 Å². The van der Waals surface area contributed by atoms with Crippen LogP contribution in [0.4, 0.5) is 0 Å². The van der Waals surface area contributed by atoms with E-state index in [4.69, 9.17) is 0 Å². The second-order valence-electron chi connectivity index (χ2n) is 11.2. The van der Waals surface area contributed by atoms with Crippen LogP contribution < -0.4 is 11.0 Å². The van der Waals surface area contributed by atoms with Crippen LogP contribution in [0.2, 0.25) is 0 Å². The highest BCUT2D eigenvalue weighted by Crippen LogP contribution is 2.65. The second kappa shape index (κ2) is 6.53. The molecule has 6 aliphatic rings. The SMILES string of the molecule is O=c1c(P(=O)(O)O)nc2ccccc2n1C1C[C@H]2CC[C@@H](C1)N2C12C[C@@H]3CC1C[C@@H](C3)C2. The molecule has 3 unspecified atom stereocenters. The molecular formula is C24H30N3O4P. The second-order valence-corrected chi connectivity index (χ2v) is 12.7. The van der Waals surface area contributed by atoms with Gasteiger partial charge in [0.25, 0.3) is 5.56 Å². The lowest BCUT2D eigenvalue weighted by Crippen LogP contribution is -2.58. The molecule has 0 amide bonds. The predicted molar refractivity (Wildman–Crippen MR) is 121 cm³/mol. The number of nitrogens with zero attached hydrogens (tertiary/aromatic N) is 3. The number of para-hydroxylation sites is 2. The first-order valence-electron chi connectivity index (χ1n) is 12.2. The third kappa shape index (κ3) is 2.62. The molecule has 1 aromatic heterocycles. The van der Waals surface area contributed by atoms with Crippen molar-refractivity contribution in [2.24, 2.45) is 17.8 Å². The number of rotatable bonds is 3. The van der Waals surface area contributed by atoms with Gasteiger partial charge in [-0.2, -0.15) is 0 Å². The molecule has 4 saturated carbocycles. The van der Waals surface area contributed by atoms with Crippen LogP contribution in [0.25, 0.3) is 11.0 Å². The van der Waals surface area contributed by atoms with Crippen LogP contribution in [0.5, 0.6) is 0 Å².